The summed E-state index contributed by atoms with van der Waals surface area (Å²) in [5, 5.41) is 8.74. The number of benzene rings is 3. The summed E-state index contributed by atoms with van der Waals surface area (Å²) in [5.74, 6) is 0. The Kier molecular flexibility index (Phi) is 1.13. The van der Waals surface area contributed by atoms with E-state index < -0.39 is 0 Å². The molecule has 15 heavy (non-hydrogen) atoms. The third kappa shape index (κ3) is 0.827. The van der Waals surface area contributed by atoms with Crippen molar-refractivity contribution < 1.29 is 0 Å². The molecule has 1 aliphatic heterocycles. The predicted octanol–water partition coefficient (Wildman–Crippen LogP) is 4.05. The van der Waals surface area contributed by atoms with Gasteiger partial charge in [0.15, 0.2) is 0 Å². The first-order valence-corrected chi connectivity index (χ1v) is 5.15. The lowest BCUT2D eigenvalue weighted by molar-refractivity contribution is 1.81. The molecule has 0 bridgehead atoms. The van der Waals surface area contributed by atoms with Crippen molar-refractivity contribution in [2.24, 2.45) is 0 Å². The second-order valence-electron chi connectivity index (χ2n) is 3.97. The second-order valence-corrected chi connectivity index (χ2v) is 3.97. The molecule has 70 valence electrons. The summed E-state index contributed by atoms with van der Waals surface area (Å²) in [6.07, 6.45) is 0. The van der Waals surface area contributed by atoms with Gasteiger partial charge in [-0.05, 0) is 10.8 Å². The SMILES string of the molecule is c1ccc2c(c1)c1c(c3ccccc32)N1. The van der Waals surface area contributed by atoms with Gasteiger partial charge in [0.25, 0.3) is 0 Å². The number of anilines is 2. The van der Waals surface area contributed by atoms with E-state index in [9.17, 15) is 0 Å². The van der Waals surface area contributed by atoms with Crippen LogP contribution in [-0.2, 0) is 0 Å². The van der Waals surface area contributed by atoms with Crippen molar-refractivity contribution in [1.82, 2.24) is 0 Å². The van der Waals surface area contributed by atoms with E-state index in [0.717, 1.165) is 0 Å². The Morgan fingerprint density at radius 1 is 0.533 bits per heavy atom. The number of hydrogen-bond donors (Lipinski definition) is 1. The molecule has 3 aromatic carbocycles. The van der Waals surface area contributed by atoms with E-state index in [4.69, 9.17) is 0 Å². The van der Waals surface area contributed by atoms with Crippen LogP contribution in [0.3, 0.4) is 0 Å². The van der Waals surface area contributed by atoms with Gasteiger partial charge in [-0.25, -0.2) is 0 Å². The fourth-order valence-electron chi connectivity index (χ4n) is 2.37. The van der Waals surface area contributed by atoms with E-state index in [0.29, 0.717) is 0 Å². The number of fused-ring (bicyclic) bond motifs is 6. The van der Waals surface area contributed by atoms with Crippen LogP contribution in [0.4, 0.5) is 11.4 Å². The fourth-order valence-corrected chi connectivity index (χ4v) is 2.37. The Labute approximate surface area is 87.3 Å². The van der Waals surface area contributed by atoms with Gasteiger partial charge in [-0.3, -0.25) is 0 Å². The van der Waals surface area contributed by atoms with E-state index in [1.807, 2.05) is 0 Å². The molecule has 3 aromatic rings. The van der Waals surface area contributed by atoms with Gasteiger partial charge in [0.2, 0.25) is 0 Å². The first kappa shape index (κ1) is 7.30. The molecule has 0 saturated carbocycles. The van der Waals surface area contributed by atoms with Crippen LogP contribution in [-0.4, -0.2) is 0 Å². The summed E-state index contributed by atoms with van der Waals surface area (Å²) < 4.78 is 0. The highest BCUT2D eigenvalue weighted by Crippen LogP contribution is 2.50. The van der Waals surface area contributed by atoms with Gasteiger partial charge in [-0.2, -0.15) is 0 Å². The highest BCUT2D eigenvalue weighted by molar-refractivity contribution is 6.27. The van der Waals surface area contributed by atoms with Crippen LogP contribution in [0, 0.1) is 0 Å². The lowest BCUT2D eigenvalue weighted by Crippen LogP contribution is -1.72. The minimum Gasteiger partial charge on any atom is -0.351 e. The maximum atomic E-state index is 3.38. The number of nitrogens with one attached hydrogen (secondary N) is 1. The molecular weight excluding hydrogens is 182 g/mol. The molecule has 1 nitrogen and oxygen atoms in total. The van der Waals surface area contributed by atoms with Crippen LogP contribution in [0.15, 0.2) is 48.5 Å². The number of rotatable bonds is 0. The highest BCUT2D eigenvalue weighted by Gasteiger charge is 2.23. The monoisotopic (exact) mass is 191 g/mol. The molecule has 0 fully saturated rings. The van der Waals surface area contributed by atoms with Crippen LogP contribution >= 0.6 is 0 Å². The molecule has 1 heteroatoms. The van der Waals surface area contributed by atoms with Crippen molar-refractivity contribution in [3.8, 4) is 0 Å². The molecule has 0 amide bonds. The van der Waals surface area contributed by atoms with Crippen molar-refractivity contribution in [2.45, 2.75) is 0 Å². The third-order valence-electron chi connectivity index (χ3n) is 3.12. The van der Waals surface area contributed by atoms with Crippen molar-refractivity contribution in [1.29, 1.82) is 0 Å². The minimum atomic E-state index is 1.31. The predicted molar refractivity (Wildman–Crippen MR) is 64.7 cm³/mol. The lowest BCUT2D eigenvalue weighted by atomic mass is 10.0. The van der Waals surface area contributed by atoms with Crippen LogP contribution < -0.4 is 5.32 Å². The molecule has 1 N–H and O–H groups in total. The Hall–Kier alpha value is -2.02. The first-order valence-electron chi connectivity index (χ1n) is 5.15. The van der Waals surface area contributed by atoms with Crippen LogP contribution in [0.25, 0.3) is 21.5 Å². The van der Waals surface area contributed by atoms with Crippen molar-refractivity contribution in [3.05, 3.63) is 48.5 Å². The molecule has 0 aromatic heterocycles. The van der Waals surface area contributed by atoms with Crippen molar-refractivity contribution >= 4 is 32.9 Å². The number of hydrogen-bond acceptors (Lipinski definition) is 1. The normalized spacial score (nSPS) is 12.5. The highest BCUT2D eigenvalue weighted by atomic mass is 15.0. The standard InChI is InChI=1S/C14H9N/c1-3-7-11-9(5-1)10-6-2-4-8-12(10)14-13(11)15-14/h1-8,15H. The average molecular weight is 191 g/mol. The summed E-state index contributed by atoms with van der Waals surface area (Å²) in [6.45, 7) is 0. The van der Waals surface area contributed by atoms with Gasteiger partial charge in [0.1, 0.15) is 0 Å². The summed E-state index contributed by atoms with van der Waals surface area (Å²) in [6, 6.07) is 17.1. The molecule has 0 saturated heterocycles. The van der Waals surface area contributed by atoms with E-state index in [-0.39, 0.29) is 0 Å². The summed E-state index contributed by atoms with van der Waals surface area (Å²) in [4.78, 5) is 0. The second kappa shape index (κ2) is 2.31. The van der Waals surface area contributed by atoms with Crippen LogP contribution in [0.5, 0.6) is 0 Å². The van der Waals surface area contributed by atoms with Crippen molar-refractivity contribution in [3.63, 3.8) is 0 Å². The minimum absolute atomic E-state index is 1.31. The Bertz CT molecular complexity index is 637. The summed E-state index contributed by atoms with van der Waals surface area (Å²) in [5.41, 5.74) is 2.62. The zero-order chi connectivity index (χ0) is 9.83. The van der Waals surface area contributed by atoms with E-state index in [2.05, 4.69) is 53.8 Å². The quantitative estimate of drug-likeness (QED) is 0.328. The Morgan fingerprint density at radius 2 is 0.933 bits per heavy atom. The van der Waals surface area contributed by atoms with Gasteiger partial charge in [-0.1, -0.05) is 48.5 Å². The Balaban J connectivity index is 2.39. The van der Waals surface area contributed by atoms with E-state index >= 15 is 0 Å². The fraction of sp³-hybridized carbons (Fsp3) is 0. The van der Waals surface area contributed by atoms with Gasteiger partial charge in [0.05, 0.1) is 11.4 Å². The summed E-state index contributed by atoms with van der Waals surface area (Å²) >= 11 is 0. The zero-order valence-corrected chi connectivity index (χ0v) is 8.12. The molecule has 0 aliphatic carbocycles. The summed E-state index contributed by atoms with van der Waals surface area (Å²) in [7, 11) is 0. The smallest absolute Gasteiger partial charge is 0.0710 e. The van der Waals surface area contributed by atoms with Gasteiger partial charge < -0.3 is 5.32 Å². The van der Waals surface area contributed by atoms with Gasteiger partial charge in [0, 0.05) is 10.8 Å². The first-order chi connectivity index (χ1) is 7.45. The molecule has 0 atom stereocenters. The maximum absolute atomic E-state index is 3.38. The van der Waals surface area contributed by atoms with Crippen molar-refractivity contribution in [2.75, 3.05) is 5.32 Å². The van der Waals surface area contributed by atoms with Crippen LogP contribution in [0.1, 0.15) is 0 Å². The topological polar surface area (TPSA) is 21.9 Å². The third-order valence-corrected chi connectivity index (χ3v) is 3.12. The molecular formula is C14H9N. The molecule has 4 rings (SSSR count). The zero-order valence-electron chi connectivity index (χ0n) is 8.12. The molecule has 1 heterocycles. The molecule has 0 spiro atoms. The maximum Gasteiger partial charge on any atom is 0.0710 e. The van der Waals surface area contributed by atoms with E-state index in [1.165, 1.54) is 32.9 Å². The van der Waals surface area contributed by atoms with Crippen LogP contribution in [0.2, 0.25) is 0 Å². The van der Waals surface area contributed by atoms with Gasteiger partial charge >= 0.3 is 0 Å². The average Bonchev–Trinajstić information content (AvgIpc) is 3.10. The molecule has 0 unspecified atom stereocenters. The van der Waals surface area contributed by atoms with E-state index in [1.54, 1.807) is 0 Å². The largest absolute Gasteiger partial charge is 0.351 e. The Morgan fingerprint density at radius 3 is 1.40 bits per heavy atom. The lowest BCUT2D eigenvalue weighted by Gasteiger charge is -2.00. The van der Waals surface area contributed by atoms with Gasteiger partial charge in [-0.15, -0.1) is 0 Å². The molecule has 1 aliphatic rings. The molecule has 0 radical (unpaired) electrons.